The highest BCUT2D eigenvalue weighted by Crippen LogP contribution is 2.67. The first-order chi connectivity index (χ1) is 21.0. The lowest BCUT2D eigenvalue weighted by Crippen LogP contribution is -2.50. The third kappa shape index (κ3) is 5.07. The molecule has 0 bridgehead atoms. The van der Waals surface area contributed by atoms with Gasteiger partial charge in [-0.25, -0.2) is 4.21 Å². The van der Waals surface area contributed by atoms with Gasteiger partial charge in [-0.05, 0) is 42.0 Å². The van der Waals surface area contributed by atoms with Crippen molar-refractivity contribution < 1.29 is 56.8 Å². The second-order valence-electron chi connectivity index (χ2n) is 9.65. The van der Waals surface area contributed by atoms with Crippen molar-refractivity contribution in [3.8, 4) is 23.0 Å². The molecular weight excluding hydrogens is 786 g/mol. The highest BCUT2D eigenvalue weighted by molar-refractivity contribution is 9.10. The fraction of sp³-hybridized carbons (Fsp3) is 0.143. The Bertz CT molecular complexity index is 1950. The lowest BCUT2D eigenvalue weighted by atomic mass is 9.64. The summed E-state index contributed by atoms with van der Waals surface area (Å²) in [7, 11) is -6.02. The van der Waals surface area contributed by atoms with E-state index in [2.05, 4.69) is 40.2 Å². The van der Waals surface area contributed by atoms with Crippen molar-refractivity contribution in [1.82, 2.24) is 0 Å². The molecule has 0 aliphatic carbocycles. The van der Waals surface area contributed by atoms with Gasteiger partial charge in [0.2, 0.25) is 0 Å². The zero-order valence-corrected chi connectivity index (χ0v) is 26.6. The van der Waals surface area contributed by atoms with Crippen LogP contribution in [0.2, 0.25) is 0 Å². The van der Waals surface area contributed by atoms with Gasteiger partial charge in [-0.15, -0.1) is 0 Å². The molecule has 4 aromatic carbocycles. The molecule has 0 saturated carbocycles. The first-order valence-electron chi connectivity index (χ1n) is 12.3. The van der Waals surface area contributed by atoms with Crippen LogP contribution in [-0.2, 0) is 32.4 Å². The van der Waals surface area contributed by atoms with E-state index in [1.165, 1.54) is 12.1 Å². The van der Waals surface area contributed by atoms with Gasteiger partial charge in [-0.3, -0.25) is 0 Å². The number of fused-ring (bicyclic) bond motifs is 5. The van der Waals surface area contributed by atoms with E-state index in [9.17, 15) is 39.0 Å². The van der Waals surface area contributed by atoms with Gasteiger partial charge in [0, 0.05) is 37.8 Å². The summed E-state index contributed by atoms with van der Waals surface area (Å²) in [4.78, 5) is 0. The summed E-state index contributed by atoms with van der Waals surface area (Å²) in [6, 6.07) is 20.5. The second kappa shape index (κ2) is 10.6. The molecule has 2 heterocycles. The van der Waals surface area contributed by atoms with Crippen LogP contribution in [0, 0.1) is 0 Å². The summed E-state index contributed by atoms with van der Waals surface area (Å²) in [5.41, 5.74) is -10.8. The summed E-state index contributed by atoms with van der Waals surface area (Å²) in [6.45, 7) is 0. The van der Waals surface area contributed by atoms with Crippen molar-refractivity contribution in [1.29, 1.82) is 0 Å². The first-order valence-corrected chi connectivity index (χ1v) is 16.4. The van der Waals surface area contributed by atoms with Crippen LogP contribution >= 0.6 is 31.9 Å². The van der Waals surface area contributed by atoms with Gasteiger partial charge < -0.3 is 17.8 Å². The van der Waals surface area contributed by atoms with Crippen molar-refractivity contribution in [2.75, 3.05) is 0 Å². The minimum Gasteiger partial charge on any atom is -0.446 e. The molecule has 7 nitrogen and oxygen atoms in total. The molecule has 0 aromatic heterocycles. The highest BCUT2D eigenvalue weighted by atomic mass is 79.9. The summed E-state index contributed by atoms with van der Waals surface area (Å²) >= 11 is 3.06. The molecule has 0 spiro atoms. The molecule has 236 valence electrons. The third-order valence-electron chi connectivity index (χ3n) is 7.07. The Morgan fingerprint density at radius 3 is 1.64 bits per heavy atom. The Labute approximate surface area is 270 Å². The van der Waals surface area contributed by atoms with E-state index in [1.807, 2.05) is 0 Å². The fourth-order valence-electron chi connectivity index (χ4n) is 5.39. The molecule has 0 saturated heterocycles. The number of hydrogen-bond donors (Lipinski definition) is 0. The molecule has 0 amide bonds. The molecule has 45 heavy (non-hydrogen) atoms. The van der Waals surface area contributed by atoms with E-state index in [-0.39, 0.29) is 11.5 Å². The van der Waals surface area contributed by atoms with E-state index in [4.69, 9.17) is 9.47 Å². The number of rotatable bonds is 6. The zero-order valence-electron chi connectivity index (χ0n) is 21.8. The normalized spacial score (nSPS) is 21.2. The molecule has 0 N–H and O–H groups in total. The molecule has 3 unspecified atom stereocenters. The predicted octanol–water partition coefficient (Wildman–Crippen LogP) is 7.97. The van der Waals surface area contributed by atoms with Crippen LogP contribution in [0.5, 0.6) is 23.0 Å². The molecule has 17 heteroatoms. The lowest BCUT2D eigenvalue weighted by Gasteiger charge is -2.38. The van der Waals surface area contributed by atoms with Crippen LogP contribution in [0.25, 0.3) is 0 Å². The SMILES string of the molecule is O=S(Oc1ccc2c(c1)OC1(c3ccc(Br)cc3)Oc3cc(OS(=O)(=O)C(F)(F)F)ccc3C21c1ccc(Br)cc1)C(F)(F)F. The third-order valence-corrected chi connectivity index (χ3v) is 9.82. The predicted molar refractivity (Wildman–Crippen MR) is 154 cm³/mol. The van der Waals surface area contributed by atoms with Gasteiger partial charge in [0.25, 0.3) is 5.79 Å². The quantitative estimate of drug-likeness (QED) is 0.111. The van der Waals surface area contributed by atoms with Gasteiger partial charge in [0.1, 0.15) is 28.4 Å². The topological polar surface area (TPSA) is 88.1 Å². The molecule has 4 aromatic rings. The van der Waals surface area contributed by atoms with Crippen molar-refractivity contribution in [2.45, 2.75) is 22.2 Å². The zero-order chi connectivity index (χ0) is 32.6. The minimum atomic E-state index is -6.02. The Morgan fingerprint density at radius 1 is 0.689 bits per heavy atom. The Balaban J connectivity index is 1.61. The summed E-state index contributed by atoms with van der Waals surface area (Å²) in [6.07, 6.45) is 0. The highest BCUT2D eigenvalue weighted by Gasteiger charge is 2.70. The van der Waals surface area contributed by atoms with Crippen LogP contribution in [0.3, 0.4) is 0 Å². The number of benzene rings is 4. The Morgan fingerprint density at radius 2 is 1.16 bits per heavy atom. The maximum atomic E-state index is 13.1. The van der Waals surface area contributed by atoms with E-state index < -0.39 is 54.9 Å². The molecular formula is C28H14Br2F6O7S2. The van der Waals surface area contributed by atoms with Crippen LogP contribution in [0.4, 0.5) is 26.3 Å². The fourth-order valence-corrected chi connectivity index (χ4v) is 6.75. The van der Waals surface area contributed by atoms with Crippen LogP contribution in [0.15, 0.2) is 93.9 Å². The Kier molecular flexibility index (Phi) is 7.49. The smallest absolute Gasteiger partial charge is 0.446 e. The number of hydrogen-bond acceptors (Lipinski definition) is 7. The lowest BCUT2D eigenvalue weighted by molar-refractivity contribution is -0.119. The number of halogens is 8. The molecule has 0 fully saturated rings. The van der Waals surface area contributed by atoms with E-state index >= 15 is 0 Å². The second-order valence-corrected chi connectivity index (χ2v) is 14.1. The standard InChI is InChI=1S/C28H14Br2F6O7S2/c29-17-5-1-15(2-6-17)25-21-11-9-19(42-44(37)27(31,32)33)13-23(21)40-26(25,16-3-7-18(30)8-4-16)41-24-14-20(10-12-22(24)25)43-45(38,39)28(34,35)36/h1-14H. The van der Waals surface area contributed by atoms with Gasteiger partial charge in [-0.2, -0.15) is 34.8 Å². The average molecular weight is 800 g/mol. The van der Waals surface area contributed by atoms with Gasteiger partial charge in [-0.1, -0.05) is 68.3 Å². The van der Waals surface area contributed by atoms with Gasteiger partial charge in [0.15, 0.2) is 0 Å². The van der Waals surface area contributed by atoms with Gasteiger partial charge in [0.05, 0.1) is 0 Å². The largest absolute Gasteiger partial charge is 0.534 e. The maximum Gasteiger partial charge on any atom is 0.534 e. The molecule has 2 aliphatic rings. The molecule has 6 rings (SSSR count). The molecule has 3 atom stereocenters. The van der Waals surface area contributed by atoms with E-state index in [0.29, 0.717) is 31.2 Å². The molecule has 0 radical (unpaired) electrons. The first kappa shape index (κ1) is 31.7. The van der Waals surface area contributed by atoms with Crippen LogP contribution < -0.4 is 17.8 Å². The maximum absolute atomic E-state index is 13.1. The van der Waals surface area contributed by atoms with Crippen molar-refractivity contribution in [2.24, 2.45) is 0 Å². The monoisotopic (exact) mass is 798 g/mol. The van der Waals surface area contributed by atoms with Crippen molar-refractivity contribution in [3.05, 3.63) is 116 Å². The van der Waals surface area contributed by atoms with Crippen molar-refractivity contribution >= 4 is 53.1 Å². The Hall–Kier alpha value is -3.28. The summed E-state index contributed by atoms with van der Waals surface area (Å²) in [5, 5.41) is 0. The number of ether oxygens (including phenoxy) is 2. The molecule has 2 aliphatic heterocycles. The minimum absolute atomic E-state index is 0.0110. The van der Waals surface area contributed by atoms with Gasteiger partial charge >= 0.3 is 32.2 Å². The summed E-state index contributed by atoms with van der Waals surface area (Å²) in [5.74, 6) is -3.12. The van der Waals surface area contributed by atoms with E-state index in [0.717, 1.165) is 24.3 Å². The van der Waals surface area contributed by atoms with E-state index in [1.54, 1.807) is 48.5 Å². The van der Waals surface area contributed by atoms with Crippen LogP contribution in [-0.4, -0.2) is 23.6 Å². The average Bonchev–Trinajstić information content (AvgIpc) is 3.38. The van der Waals surface area contributed by atoms with Crippen molar-refractivity contribution in [3.63, 3.8) is 0 Å². The summed E-state index contributed by atoms with van der Waals surface area (Å²) < 4.78 is 137. The number of alkyl halides is 6. The van der Waals surface area contributed by atoms with Crippen LogP contribution in [0.1, 0.15) is 22.3 Å².